The zero-order chi connectivity index (χ0) is 11.3. The van der Waals surface area contributed by atoms with Crippen molar-refractivity contribution in [1.29, 1.82) is 0 Å². The standard InChI is InChI=1S/C9H12N2O3S/c1-2-11(4-3-8(12)13)9(14)7-5-10-6-15-7/h5-6H,2-4H2,1H3,(H,12,13). The van der Waals surface area contributed by atoms with E-state index in [4.69, 9.17) is 5.11 Å². The molecule has 0 spiro atoms. The first kappa shape index (κ1) is 11.6. The molecule has 0 saturated heterocycles. The van der Waals surface area contributed by atoms with Crippen molar-refractivity contribution in [3.8, 4) is 0 Å². The number of rotatable bonds is 5. The fourth-order valence-electron chi connectivity index (χ4n) is 1.11. The molecular weight excluding hydrogens is 216 g/mol. The molecule has 0 bridgehead atoms. The van der Waals surface area contributed by atoms with Gasteiger partial charge in [0.25, 0.3) is 5.91 Å². The van der Waals surface area contributed by atoms with Gasteiger partial charge >= 0.3 is 5.97 Å². The number of hydrogen-bond donors (Lipinski definition) is 1. The van der Waals surface area contributed by atoms with E-state index in [1.807, 2.05) is 6.92 Å². The Hall–Kier alpha value is -1.43. The van der Waals surface area contributed by atoms with Crippen LogP contribution in [0, 0.1) is 0 Å². The van der Waals surface area contributed by atoms with Gasteiger partial charge in [-0.3, -0.25) is 14.6 Å². The fourth-order valence-corrected chi connectivity index (χ4v) is 1.70. The molecule has 0 atom stereocenters. The van der Waals surface area contributed by atoms with Crippen molar-refractivity contribution < 1.29 is 14.7 Å². The molecule has 0 unspecified atom stereocenters. The van der Waals surface area contributed by atoms with Gasteiger partial charge < -0.3 is 10.0 Å². The summed E-state index contributed by atoms with van der Waals surface area (Å²) in [5.41, 5.74) is 1.58. The summed E-state index contributed by atoms with van der Waals surface area (Å²) in [6.45, 7) is 2.56. The SMILES string of the molecule is CCN(CCC(=O)O)C(=O)c1cncs1. The zero-order valence-electron chi connectivity index (χ0n) is 8.34. The maximum atomic E-state index is 11.8. The first-order chi connectivity index (χ1) is 7.15. The minimum absolute atomic E-state index is 0.0294. The first-order valence-corrected chi connectivity index (χ1v) is 5.42. The summed E-state index contributed by atoms with van der Waals surface area (Å²) >= 11 is 1.26. The maximum Gasteiger partial charge on any atom is 0.305 e. The van der Waals surface area contributed by atoms with Crippen molar-refractivity contribution in [1.82, 2.24) is 9.88 Å². The van der Waals surface area contributed by atoms with Gasteiger partial charge in [-0.25, -0.2) is 0 Å². The molecule has 1 aromatic heterocycles. The molecule has 1 N–H and O–H groups in total. The Morgan fingerprint density at radius 2 is 2.33 bits per heavy atom. The average molecular weight is 228 g/mol. The minimum Gasteiger partial charge on any atom is -0.481 e. The molecule has 1 amide bonds. The lowest BCUT2D eigenvalue weighted by molar-refractivity contribution is -0.137. The van der Waals surface area contributed by atoms with Crippen LogP contribution in [0.15, 0.2) is 11.7 Å². The van der Waals surface area contributed by atoms with Gasteiger partial charge in [0.1, 0.15) is 4.88 Å². The lowest BCUT2D eigenvalue weighted by atomic mass is 10.3. The highest BCUT2D eigenvalue weighted by atomic mass is 32.1. The molecule has 5 nitrogen and oxygen atoms in total. The number of carbonyl (C=O) groups excluding carboxylic acids is 1. The third kappa shape index (κ3) is 3.32. The smallest absolute Gasteiger partial charge is 0.305 e. The summed E-state index contributed by atoms with van der Waals surface area (Å²) < 4.78 is 0. The normalized spacial score (nSPS) is 9.93. The highest BCUT2D eigenvalue weighted by molar-refractivity contribution is 7.11. The zero-order valence-corrected chi connectivity index (χ0v) is 9.16. The van der Waals surface area contributed by atoms with Crippen LogP contribution in [0.25, 0.3) is 0 Å². The van der Waals surface area contributed by atoms with Gasteiger partial charge in [-0.2, -0.15) is 0 Å². The predicted molar refractivity (Wildman–Crippen MR) is 55.9 cm³/mol. The highest BCUT2D eigenvalue weighted by Crippen LogP contribution is 2.09. The van der Waals surface area contributed by atoms with Gasteiger partial charge in [-0.15, -0.1) is 11.3 Å². The average Bonchev–Trinajstić information content (AvgIpc) is 2.70. The summed E-state index contributed by atoms with van der Waals surface area (Å²) in [7, 11) is 0. The van der Waals surface area contributed by atoms with Crippen LogP contribution in [0.5, 0.6) is 0 Å². The van der Waals surface area contributed by atoms with E-state index < -0.39 is 5.97 Å². The second kappa shape index (κ2) is 5.45. The second-order valence-electron chi connectivity index (χ2n) is 2.89. The number of thiazole rings is 1. The molecule has 82 valence electrons. The molecular formula is C9H12N2O3S. The number of amides is 1. The molecule has 0 aliphatic rings. The van der Waals surface area contributed by atoms with Crippen LogP contribution in [0.4, 0.5) is 0 Å². The highest BCUT2D eigenvalue weighted by Gasteiger charge is 2.16. The molecule has 0 saturated carbocycles. The number of hydrogen-bond acceptors (Lipinski definition) is 4. The first-order valence-electron chi connectivity index (χ1n) is 4.54. The summed E-state index contributed by atoms with van der Waals surface area (Å²) in [4.78, 5) is 28.0. The number of aromatic nitrogens is 1. The van der Waals surface area contributed by atoms with Gasteiger partial charge in [-0.05, 0) is 6.92 Å². The van der Waals surface area contributed by atoms with Crippen LogP contribution in [-0.2, 0) is 4.79 Å². The Labute approximate surface area is 91.4 Å². The molecule has 1 rings (SSSR count). The quantitative estimate of drug-likeness (QED) is 0.818. The van der Waals surface area contributed by atoms with E-state index in [0.29, 0.717) is 11.4 Å². The van der Waals surface area contributed by atoms with Crippen molar-refractivity contribution >= 4 is 23.2 Å². The lowest BCUT2D eigenvalue weighted by Gasteiger charge is -2.18. The van der Waals surface area contributed by atoms with Crippen LogP contribution in [0.3, 0.4) is 0 Å². The summed E-state index contributed by atoms with van der Waals surface area (Å²) in [6, 6.07) is 0. The Morgan fingerprint density at radius 1 is 1.60 bits per heavy atom. The molecule has 0 aromatic carbocycles. The number of carboxylic acids is 1. The predicted octanol–water partition coefficient (Wildman–Crippen LogP) is 1.08. The van der Waals surface area contributed by atoms with Gasteiger partial charge in [0.2, 0.25) is 0 Å². The van der Waals surface area contributed by atoms with Crippen molar-refractivity contribution in [3.05, 3.63) is 16.6 Å². The topological polar surface area (TPSA) is 70.5 Å². The maximum absolute atomic E-state index is 11.8. The molecule has 15 heavy (non-hydrogen) atoms. The van der Waals surface area contributed by atoms with Crippen LogP contribution in [0.2, 0.25) is 0 Å². The van der Waals surface area contributed by atoms with Crippen molar-refractivity contribution in [2.24, 2.45) is 0 Å². The van der Waals surface area contributed by atoms with E-state index in [1.165, 1.54) is 22.4 Å². The molecule has 6 heteroatoms. The monoisotopic (exact) mass is 228 g/mol. The third-order valence-electron chi connectivity index (χ3n) is 1.91. The molecule has 0 aliphatic carbocycles. The van der Waals surface area contributed by atoms with Crippen LogP contribution in [-0.4, -0.2) is 40.0 Å². The second-order valence-corrected chi connectivity index (χ2v) is 3.78. The summed E-state index contributed by atoms with van der Waals surface area (Å²) in [5.74, 6) is -1.05. The number of carboxylic acid groups (broad SMARTS) is 1. The molecule has 0 aliphatic heterocycles. The molecule has 1 heterocycles. The molecule has 0 radical (unpaired) electrons. The van der Waals surface area contributed by atoms with Gasteiger partial charge in [-0.1, -0.05) is 0 Å². The minimum atomic E-state index is -0.898. The molecule has 0 fully saturated rings. The van der Waals surface area contributed by atoms with Gasteiger partial charge in [0, 0.05) is 13.1 Å². The van der Waals surface area contributed by atoms with E-state index in [0.717, 1.165) is 0 Å². The Balaban J connectivity index is 2.59. The van der Waals surface area contributed by atoms with Crippen molar-refractivity contribution in [2.75, 3.05) is 13.1 Å². The largest absolute Gasteiger partial charge is 0.481 e. The van der Waals surface area contributed by atoms with E-state index in [2.05, 4.69) is 4.98 Å². The summed E-state index contributed by atoms with van der Waals surface area (Å²) in [5, 5.41) is 8.52. The van der Waals surface area contributed by atoms with Crippen molar-refractivity contribution in [2.45, 2.75) is 13.3 Å². The van der Waals surface area contributed by atoms with Gasteiger partial charge in [0.05, 0.1) is 18.1 Å². The number of nitrogens with zero attached hydrogens (tertiary/aromatic N) is 2. The van der Waals surface area contributed by atoms with E-state index in [-0.39, 0.29) is 18.9 Å². The van der Waals surface area contributed by atoms with Crippen LogP contribution in [0.1, 0.15) is 23.0 Å². The third-order valence-corrected chi connectivity index (χ3v) is 2.67. The summed E-state index contributed by atoms with van der Waals surface area (Å²) in [6.07, 6.45) is 1.47. The van der Waals surface area contributed by atoms with Crippen LogP contribution < -0.4 is 0 Å². The van der Waals surface area contributed by atoms with E-state index >= 15 is 0 Å². The Kier molecular flexibility index (Phi) is 4.23. The number of aliphatic carboxylic acids is 1. The van der Waals surface area contributed by atoms with Crippen molar-refractivity contribution in [3.63, 3.8) is 0 Å². The number of carbonyl (C=O) groups is 2. The Bertz CT molecular complexity index is 337. The van der Waals surface area contributed by atoms with Gasteiger partial charge in [0.15, 0.2) is 0 Å². The fraction of sp³-hybridized carbons (Fsp3) is 0.444. The Morgan fingerprint density at radius 3 is 2.80 bits per heavy atom. The molecule has 1 aromatic rings. The van der Waals surface area contributed by atoms with Crippen LogP contribution >= 0.6 is 11.3 Å². The van der Waals surface area contributed by atoms with E-state index in [1.54, 1.807) is 5.51 Å². The van der Waals surface area contributed by atoms with E-state index in [9.17, 15) is 9.59 Å². The lowest BCUT2D eigenvalue weighted by Crippen LogP contribution is -2.32.